The van der Waals surface area contributed by atoms with E-state index in [1.165, 1.54) is 12.2 Å². The van der Waals surface area contributed by atoms with Crippen LogP contribution in [-0.4, -0.2) is 25.9 Å². The number of carbonyl (C=O) groups is 2. The highest BCUT2D eigenvalue weighted by molar-refractivity contribution is 6.30. The molecule has 2 amide bonds. The average molecular weight is 231 g/mol. The largest absolute Gasteiger partial charge is 0.386 e. The quantitative estimate of drug-likeness (QED) is 0.767. The maximum absolute atomic E-state index is 11.7. The molecule has 0 aliphatic carbocycles. The van der Waals surface area contributed by atoms with Crippen LogP contribution in [0.5, 0.6) is 0 Å². The zero-order valence-electron chi connectivity index (χ0n) is 9.65. The fourth-order valence-corrected chi connectivity index (χ4v) is 1.81. The number of nitrogens with one attached hydrogen (secondary N) is 2. The molecule has 1 aromatic rings. The van der Waals surface area contributed by atoms with E-state index in [4.69, 9.17) is 0 Å². The summed E-state index contributed by atoms with van der Waals surface area (Å²) in [6.07, 6.45) is 2.54. The second-order valence-corrected chi connectivity index (χ2v) is 3.55. The number of para-hydroxylation sites is 1. The van der Waals surface area contributed by atoms with Crippen LogP contribution in [0.2, 0.25) is 0 Å². The molecule has 2 rings (SSSR count). The Morgan fingerprint density at radius 2 is 1.41 bits per heavy atom. The van der Waals surface area contributed by atoms with Crippen LogP contribution in [0.4, 0.5) is 17.1 Å². The van der Waals surface area contributed by atoms with E-state index >= 15 is 0 Å². The van der Waals surface area contributed by atoms with E-state index in [9.17, 15) is 9.59 Å². The molecule has 0 saturated carbocycles. The first-order valence-corrected chi connectivity index (χ1v) is 5.23. The zero-order valence-corrected chi connectivity index (χ0v) is 9.65. The van der Waals surface area contributed by atoms with Gasteiger partial charge in [-0.15, -0.1) is 0 Å². The van der Waals surface area contributed by atoms with Gasteiger partial charge >= 0.3 is 0 Å². The van der Waals surface area contributed by atoms with Crippen LogP contribution in [0.1, 0.15) is 0 Å². The van der Waals surface area contributed by atoms with Crippen LogP contribution >= 0.6 is 0 Å². The predicted octanol–water partition coefficient (Wildman–Crippen LogP) is 1.20. The van der Waals surface area contributed by atoms with Gasteiger partial charge in [-0.25, -0.2) is 4.90 Å². The van der Waals surface area contributed by atoms with E-state index in [0.717, 1.165) is 16.3 Å². The molecule has 0 atom stereocenters. The van der Waals surface area contributed by atoms with E-state index < -0.39 is 0 Å². The van der Waals surface area contributed by atoms with Crippen LogP contribution < -0.4 is 15.5 Å². The molecule has 5 heteroatoms. The monoisotopic (exact) mass is 231 g/mol. The molecule has 88 valence electrons. The van der Waals surface area contributed by atoms with E-state index in [2.05, 4.69) is 10.6 Å². The lowest BCUT2D eigenvalue weighted by Gasteiger charge is -2.21. The summed E-state index contributed by atoms with van der Waals surface area (Å²) in [5.74, 6) is -0.650. The third kappa shape index (κ3) is 1.75. The summed E-state index contributed by atoms with van der Waals surface area (Å²) >= 11 is 0. The Morgan fingerprint density at radius 1 is 0.941 bits per heavy atom. The van der Waals surface area contributed by atoms with Gasteiger partial charge < -0.3 is 10.6 Å². The number of rotatable bonds is 3. The third-order valence-electron chi connectivity index (χ3n) is 2.61. The number of carbonyl (C=O) groups excluding carboxylic acids is 2. The van der Waals surface area contributed by atoms with Crippen molar-refractivity contribution in [1.82, 2.24) is 0 Å². The molecule has 0 radical (unpaired) electrons. The molecule has 1 aliphatic heterocycles. The van der Waals surface area contributed by atoms with E-state index in [1.807, 2.05) is 18.2 Å². The summed E-state index contributed by atoms with van der Waals surface area (Å²) in [5, 5.41) is 5.95. The maximum Gasteiger partial charge on any atom is 0.258 e. The Morgan fingerprint density at radius 3 is 1.82 bits per heavy atom. The van der Waals surface area contributed by atoms with Crippen molar-refractivity contribution in [1.29, 1.82) is 0 Å². The predicted molar refractivity (Wildman–Crippen MR) is 67.2 cm³/mol. The first-order chi connectivity index (χ1) is 8.19. The molecular weight excluding hydrogens is 218 g/mol. The number of anilines is 3. The van der Waals surface area contributed by atoms with Gasteiger partial charge in [0.1, 0.15) is 0 Å². The highest BCUT2D eigenvalue weighted by atomic mass is 16.2. The van der Waals surface area contributed by atoms with Crippen molar-refractivity contribution in [2.24, 2.45) is 0 Å². The molecule has 0 saturated heterocycles. The highest BCUT2D eigenvalue weighted by Gasteiger charge is 2.29. The summed E-state index contributed by atoms with van der Waals surface area (Å²) in [5.41, 5.74) is 2.00. The van der Waals surface area contributed by atoms with E-state index in [-0.39, 0.29) is 11.8 Å². The molecule has 1 aromatic carbocycles. The number of amides is 2. The molecular formula is C12H13N3O2. The summed E-state index contributed by atoms with van der Waals surface area (Å²) in [6.45, 7) is 0. The topological polar surface area (TPSA) is 61.4 Å². The van der Waals surface area contributed by atoms with Gasteiger partial charge in [0.05, 0.1) is 17.1 Å². The van der Waals surface area contributed by atoms with Crippen LogP contribution in [0.3, 0.4) is 0 Å². The minimum Gasteiger partial charge on any atom is -0.386 e. The zero-order chi connectivity index (χ0) is 12.4. The van der Waals surface area contributed by atoms with Crippen molar-refractivity contribution in [2.45, 2.75) is 0 Å². The Kier molecular flexibility index (Phi) is 2.82. The fourth-order valence-electron chi connectivity index (χ4n) is 1.81. The molecule has 1 aliphatic rings. The molecule has 1 heterocycles. The van der Waals surface area contributed by atoms with Crippen molar-refractivity contribution in [3.8, 4) is 0 Å². The van der Waals surface area contributed by atoms with Gasteiger partial charge in [0.25, 0.3) is 11.8 Å². The van der Waals surface area contributed by atoms with Crippen molar-refractivity contribution >= 4 is 28.9 Å². The van der Waals surface area contributed by atoms with Crippen LogP contribution in [0.15, 0.2) is 30.4 Å². The standard InChI is InChI=1S/C12H13N3O2/c1-13-8-4-3-5-9(14-2)12(8)15-10(16)6-7-11(15)17/h3-7,13-14H,1-2H3. The van der Waals surface area contributed by atoms with Gasteiger partial charge in [0.2, 0.25) is 0 Å². The number of benzene rings is 1. The minimum atomic E-state index is -0.325. The van der Waals surface area contributed by atoms with Gasteiger partial charge in [-0.1, -0.05) is 6.07 Å². The van der Waals surface area contributed by atoms with Crippen LogP contribution in [-0.2, 0) is 9.59 Å². The number of hydrogen-bond acceptors (Lipinski definition) is 4. The minimum absolute atomic E-state index is 0.325. The smallest absolute Gasteiger partial charge is 0.258 e. The molecule has 0 aromatic heterocycles. The Hall–Kier alpha value is -2.30. The summed E-state index contributed by atoms with van der Waals surface area (Å²) in [6, 6.07) is 5.48. The number of hydrogen-bond donors (Lipinski definition) is 2. The molecule has 0 fully saturated rings. The fraction of sp³-hybridized carbons (Fsp3) is 0.167. The van der Waals surface area contributed by atoms with Gasteiger partial charge in [-0.05, 0) is 12.1 Å². The second kappa shape index (κ2) is 4.29. The summed E-state index contributed by atoms with van der Waals surface area (Å²) < 4.78 is 0. The van der Waals surface area contributed by atoms with Crippen molar-refractivity contribution < 1.29 is 9.59 Å². The normalized spacial score (nSPS) is 14.4. The molecule has 0 spiro atoms. The summed E-state index contributed by atoms with van der Waals surface area (Å²) in [7, 11) is 3.49. The molecule has 17 heavy (non-hydrogen) atoms. The molecule has 0 unspecified atom stereocenters. The average Bonchev–Trinajstić information content (AvgIpc) is 2.68. The van der Waals surface area contributed by atoms with Gasteiger partial charge in [-0.3, -0.25) is 9.59 Å². The Bertz CT molecular complexity index is 468. The van der Waals surface area contributed by atoms with E-state index in [0.29, 0.717) is 5.69 Å². The Balaban J connectivity index is 2.57. The van der Waals surface area contributed by atoms with Crippen molar-refractivity contribution in [2.75, 3.05) is 29.6 Å². The lowest BCUT2D eigenvalue weighted by atomic mass is 10.2. The number of nitrogens with zero attached hydrogens (tertiary/aromatic N) is 1. The lowest BCUT2D eigenvalue weighted by molar-refractivity contribution is -0.119. The van der Waals surface area contributed by atoms with E-state index in [1.54, 1.807) is 14.1 Å². The highest BCUT2D eigenvalue weighted by Crippen LogP contribution is 2.35. The third-order valence-corrected chi connectivity index (χ3v) is 2.61. The van der Waals surface area contributed by atoms with Crippen LogP contribution in [0, 0.1) is 0 Å². The molecule has 5 nitrogen and oxygen atoms in total. The molecule has 0 bridgehead atoms. The van der Waals surface area contributed by atoms with Gasteiger partial charge in [0, 0.05) is 26.2 Å². The SMILES string of the molecule is CNc1cccc(NC)c1N1C(=O)C=CC1=O. The van der Waals surface area contributed by atoms with Crippen molar-refractivity contribution in [3.63, 3.8) is 0 Å². The van der Waals surface area contributed by atoms with Crippen molar-refractivity contribution in [3.05, 3.63) is 30.4 Å². The second-order valence-electron chi connectivity index (χ2n) is 3.55. The first-order valence-electron chi connectivity index (χ1n) is 5.23. The maximum atomic E-state index is 11.7. The van der Waals surface area contributed by atoms with Gasteiger partial charge in [-0.2, -0.15) is 0 Å². The molecule has 2 N–H and O–H groups in total. The lowest BCUT2D eigenvalue weighted by Crippen LogP contribution is -2.30. The van der Waals surface area contributed by atoms with Gasteiger partial charge in [0.15, 0.2) is 0 Å². The summed E-state index contributed by atoms with van der Waals surface area (Å²) in [4.78, 5) is 24.5. The number of imide groups is 1. The van der Waals surface area contributed by atoms with Crippen LogP contribution in [0.25, 0.3) is 0 Å². The first kappa shape index (κ1) is 11.2. The Labute approximate surface area is 99.1 Å².